The van der Waals surface area contributed by atoms with Crippen molar-refractivity contribution < 1.29 is 30.0 Å². The third kappa shape index (κ3) is 4.62. The van der Waals surface area contributed by atoms with Crippen LogP contribution in [0.25, 0.3) is 6.08 Å². The highest BCUT2D eigenvalue weighted by atomic mass is 35.5. The van der Waals surface area contributed by atoms with Crippen LogP contribution in [0.2, 0.25) is 5.02 Å². The molecule has 1 heterocycles. The lowest BCUT2D eigenvalue weighted by molar-refractivity contribution is -0.138. The van der Waals surface area contributed by atoms with Crippen LogP contribution in [0.5, 0.6) is 5.75 Å². The molecule has 32 heavy (non-hydrogen) atoms. The van der Waals surface area contributed by atoms with Crippen LogP contribution < -0.4 is 0 Å². The topological polar surface area (TPSA) is 118 Å². The lowest BCUT2D eigenvalue weighted by Crippen LogP contribution is -2.39. The molecule has 0 unspecified atom stereocenters. The molecule has 4 atom stereocenters. The highest BCUT2D eigenvalue weighted by molar-refractivity contribution is 6.32. The number of imide groups is 1. The minimum absolute atomic E-state index is 0.0836. The van der Waals surface area contributed by atoms with E-state index in [1.54, 1.807) is 12.1 Å². The largest absolute Gasteiger partial charge is 0.508 e. The van der Waals surface area contributed by atoms with E-state index in [4.69, 9.17) is 11.6 Å². The van der Waals surface area contributed by atoms with Crippen LogP contribution in [-0.2, 0) is 9.59 Å². The minimum Gasteiger partial charge on any atom is -0.508 e. The molecule has 1 saturated heterocycles. The summed E-state index contributed by atoms with van der Waals surface area (Å²) in [5.41, 5.74) is 2.80. The van der Waals surface area contributed by atoms with Gasteiger partial charge in [0, 0.05) is 13.0 Å². The summed E-state index contributed by atoms with van der Waals surface area (Å²) in [6.45, 7) is 1.27. The number of phenols is 1. The van der Waals surface area contributed by atoms with Gasteiger partial charge in [-0.1, -0.05) is 30.2 Å². The number of aliphatic hydroxyl groups excluding tert-OH is 3. The maximum atomic E-state index is 12.6. The first-order chi connectivity index (χ1) is 15.2. The van der Waals surface area contributed by atoms with Crippen molar-refractivity contribution in [3.05, 3.63) is 45.5 Å². The summed E-state index contributed by atoms with van der Waals surface area (Å²) in [5.74, 6) is -2.59. The predicted molar refractivity (Wildman–Crippen MR) is 121 cm³/mol. The van der Waals surface area contributed by atoms with Crippen molar-refractivity contribution in [3.8, 4) is 5.75 Å². The molecule has 174 valence electrons. The molecule has 0 bridgehead atoms. The molecular formula is C24H30ClNO6. The Hall–Kier alpha value is -2.19. The Labute approximate surface area is 192 Å². The van der Waals surface area contributed by atoms with Crippen LogP contribution in [0.3, 0.4) is 0 Å². The summed E-state index contributed by atoms with van der Waals surface area (Å²) in [6.07, 6.45) is 2.76. The van der Waals surface area contributed by atoms with Crippen molar-refractivity contribution in [3.63, 3.8) is 0 Å². The summed E-state index contributed by atoms with van der Waals surface area (Å²) in [6, 6.07) is 4.74. The van der Waals surface area contributed by atoms with Crippen LogP contribution in [0, 0.1) is 17.8 Å². The third-order valence-corrected chi connectivity index (χ3v) is 7.02. The van der Waals surface area contributed by atoms with Gasteiger partial charge in [-0.15, -0.1) is 0 Å². The molecule has 8 heteroatoms. The summed E-state index contributed by atoms with van der Waals surface area (Å²) >= 11 is 6.20. The van der Waals surface area contributed by atoms with E-state index in [1.807, 2.05) is 13.0 Å². The van der Waals surface area contributed by atoms with Gasteiger partial charge in [-0.25, -0.2) is 0 Å². The normalized spacial score (nSPS) is 24.9. The molecule has 1 aliphatic heterocycles. The van der Waals surface area contributed by atoms with Crippen molar-refractivity contribution in [2.75, 3.05) is 20.3 Å². The van der Waals surface area contributed by atoms with Crippen LogP contribution in [0.4, 0.5) is 0 Å². The third-order valence-electron chi connectivity index (χ3n) is 6.69. The average Bonchev–Trinajstić information content (AvgIpc) is 3.00. The van der Waals surface area contributed by atoms with Gasteiger partial charge in [-0.05, 0) is 60.6 Å². The molecule has 0 aromatic heterocycles. The monoisotopic (exact) mass is 463 g/mol. The Morgan fingerprint density at radius 1 is 1.28 bits per heavy atom. The molecule has 7 nitrogen and oxygen atoms in total. The number of hydrogen-bond donors (Lipinski definition) is 4. The molecule has 0 radical (unpaired) electrons. The molecule has 0 saturated carbocycles. The first-order valence-corrected chi connectivity index (χ1v) is 11.2. The molecule has 1 aromatic rings. The number of aliphatic hydroxyl groups is 3. The van der Waals surface area contributed by atoms with Crippen LogP contribution in [0.15, 0.2) is 34.9 Å². The first-order valence-electron chi connectivity index (χ1n) is 10.8. The van der Waals surface area contributed by atoms with Crippen molar-refractivity contribution in [1.29, 1.82) is 0 Å². The van der Waals surface area contributed by atoms with Crippen molar-refractivity contribution >= 4 is 29.5 Å². The zero-order valence-corrected chi connectivity index (χ0v) is 19.0. The lowest BCUT2D eigenvalue weighted by Gasteiger charge is -2.36. The standard InChI is InChI=1S/C24H30ClNO6/c1-3-13(8-14-5-6-16(29)10-19(14)25)4-7-20(30)21-15(11-27)9-17-22(18(21)12-28)24(32)26(2)23(17)31/h5-6,8,10,17-18,20,22,27-30H,3-4,7,9,11-12H2,1-2H3/b13-8+/t17-,18+,20-,22-/m1/s1. The number of likely N-dealkylation sites (tertiary alicyclic amines) is 1. The number of hydrogen-bond acceptors (Lipinski definition) is 6. The highest BCUT2D eigenvalue weighted by Gasteiger charge is 2.53. The molecule has 0 spiro atoms. The van der Waals surface area contributed by atoms with Gasteiger partial charge in [-0.2, -0.15) is 0 Å². The van der Waals surface area contributed by atoms with E-state index < -0.39 is 23.9 Å². The fourth-order valence-electron chi connectivity index (χ4n) is 4.94. The minimum atomic E-state index is -0.964. The number of carbonyl (C=O) groups excluding carboxylic acids is 2. The first kappa shape index (κ1) is 24.5. The Morgan fingerprint density at radius 3 is 2.59 bits per heavy atom. The van der Waals surface area contributed by atoms with Gasteiger partial charge in [-0.3, -0.25) is 14.5 Å². The number of aromatic hydroxyl groups is 1. The Kier molecular flexibility index (Phi) is 7.77. The second-order valence-electron chi connectivity index (χ2n) is 8.49. The quantitative estimate of drug-likeness (QED) is 0.347. The number of benzene rings is 1. The van der Waals surface area contributed by atoms with Crippen LogP contribution in [0.1, 0.15) is 38.2 Å². The number of carbonyl (C=O) groups is 2. The molecule has 1 aliphatic carbocycles. The second kappa shape index (κ2) is 10.2. The summed E-state index contributed by atoms with van der Waals surface area (Å²) < 4.78 is 0. The van der Waals surface area contributed by atoms with Crippen molar-refractivity contribution in [2.45, 2.75) is 38.7 Å². The number of phenolic OH excluding ortho intramolecular Hbond substituents is 1. The van der Waals surface area contributed by atoms with Gasteiger partial charge in [0.25, 0.3) is 0 Å². The van der Waals surface area contributed by atoms with E-state index in [1.165, 1.54) is 13.1 Å². The molecule has 2 aliphatic rings. The second-order valence-corrected chi connectivity index (χ2v) is 8.90. The fraction of sp³-hybridized carbons (Fsp3) is 0.500. The van der Waals surface area contributed by atoms with Crippen LogP contribution >= 0.6 is 11.6 Å². The molecule has 1 fully saturated rings. The van der Waals surface area contributed by atoms with Gasteiger partial charge >= 0.3 is 0 Å². The van der Waals surface area contributed by atoms with E-state index in [2.05, 4.69) is 0 Å². The highest BCUT2D eigenvalue weighted by Crippen LogP contribution is 2.45. The predicted octanol–water partition coefficient (Wildman–Crippen LogP) is 2.51. The van der Waals surface area contributed by atoms with E-state index in [9.17, 15) is 30.0 Å². The van der Waals surface area contributed by atoms with Crippen molar-refractivity contribution in [1.82, 2.24) is 4.90 Å². The van der Waals surface area contributed by atoms with E-state index in [0.29, 0.717) is 29.0 Å². The fourth-order valence-corrected chi connectivity index (χ4v) is 5.17. The molecule has 2 amide bonds. The Balaban J connectivity index is 1.82. The molecule has 3 rings (SSSR count). The summed E-state index contributed by atoms with van der Waals surface area (Å²) in [5, 5.41) is 41.0. The van der Waals surface area contributed by atoms with Crippen molar-refractivity contribution in [2.24, 2.45) is 17.8 Å². The number of fused-ring (bicyclic) bond motifs is 1. The van der Waals surface area contributed by atoms with Gasteiger partial charge < -0.3 is 20.4 Å². The number of rotatable bonds is 8. The summed E-state index contributed by atoms with van der Waals surface area (Å²) in [7, 11) is 1.43. The smallest absolute Gasteiger partial charge is 0.233 e. The Morgan fingerprint density at radius 2 is 2.00 bits per heavy atom. The zero-order valence-electron chi connectivity index (χ0n) is 18.3. The van der Waals surface area contributed by atoms with Gasteiger partial charge in [0.2, 0.25) is 11.8 Å². The average molecular weight is 464 g/mol. The van der Waals surface area contributed by atoms with E-state index in [0.717, 1.165) is 22.5 Å². The summed E-state index contributed by atoms with van der Waals surface area (Å²) in [4.78, 5) is 26.2. The number of amides is 2. The molecular weight excluding hydrogens is 434 g/mol. The van der Waals surface area contributed by atoms with Gasteiger partial charge in [0.05, 0.1) is 36.2 Å². The maximum absolute atomic E-state index is 12.6. The Bertz CT molecular complexity index is 956. The zero-order chi connectivity index (χ0) is 23.6. The lowest BCUT2D eigenvalue weighted by atomic mass is 9.68. The van der Waals surface area contributed by atoms with Crippen LogP contribution in [-0.4, -0.2) is 63.5 Å². The SMILES string of the molecule is CC/C(=C\c1ccc(O)cc1Cl)CC[C@@H](O)C1=C(CO)C[C@H]2C(=O)N(C)C(=O)[C@H]2[C@H]1CO. The molecule has 4 N–H and O–H groups in total. The van der Waals surface area contributed by atoms with E-state index >= 15 is 0 Å². The van der Waals surface area contributed by atoms with Gasteiger partial charge in [0.15, 0.2) is 0 Å². The maximum Gasteiger partial charge on any atom is 0.233 e. The number of halogens is 1. The van der Waals surface area contributed by atoms with E-state index in [-0.39, 0.29) is 37.2 Å². The molecule has 1 aromatic carbocycles. The number of allylic oxidation sites excluding steroid dienone is 1. The van der Waals surface area contributed by atoms with Gasteiger partial charge in [0.1, 0.15) is 5.75 Å². The number of nitrogens with zero attached hydrogens (tertiary/aromatic N) is 1.